The van der Waals surface area contributed by atoms with Crippen molar-refractivity contribution in [3.05, 3.63) is 58.3 Å². The van der Waals surface area contributed by atoms with Crippen molar-refractivity contribution in [3.63, 3.8) is 0 Å². The highest BCUT2D eigenvalue weighted by Gasteiger charge is 2.26. The highest BCUT2D eigenvalue weighted by molar-refractivity contribution is 5.82. The van der Waals surface area contributed by atoms with Crippen molar-refractivity contribution in [3.8, 4) is 17.2 Å². The lowest BCUT2D eigenvalue weighted by atomic mass is 9.84. The first-order valence-corrected chi connectivity index (χ1v) is 9.49. The number of hydrogen-bond acceptors (Lipinski definition) is 7. The molecule has 0 N–H and O–H groups in total. The molecule has 0 bridgehead atoms. The van der Waals surface area contributed by atoms with Crippen LogP contribution < -0.4 is 9.64 Å². The van der Waals surface area contributed by atoms with Crippen molar-refractivity contribution in [2.75, 3.05) is 18.7 Å². The number of anilines is 1. The number of oxazole rings is 1. The SMILES string of the molecule is COc1c(-c2nc3cc([N+](=O)[O-])ccc3o2)cc(N2C=CC=NC2)cc1C(C)(C)C. The molecule has 8 nitrogen and oxygen atoms in total. The first kappa shape index (κ1) is 19.6. The molecular formula is C22H22N4O4. The Bertz CT molecular complexity index is 1190. The Morgan fingerprint density at radius 1 is 1.23 bits per heavy atom. The lowest BCUT2D eigenvalue weighted by Gasteiger charge is -2.27. The number of methoxy groups -OCH3 is 1. The zero-order valence-corrected chi connectivity index (χ0v) is 17.2. The molecule has 8 heteroatoms. The number of rotatable bonds is 4. The number of ether oxygens (including phenoxy) is 1. The number of aromatic nitrogens is 1. The molecule has 4 rings (SSSR count). The van der Waals surface area contributed by atoms with Gasteiger partial charge in [-0.1, -0.05) is 20.8 Å². The Labute approximate surface area is 173 Å². The van der Waals surface area contributed by atoms with E-state index in [0.717, 1.165) is 11.3 Å². The Morgan fingerprint density at radius 3 is 2.67 bits per heavy atom. The van der Waals surface area contributed by atoms with Gasteiger partial charge in [0.25, 0.3) is 5.69 Å². The summed E-state index contributed by atoms with van der Waals surface area (Å²) in [4.78, 5) is 21.5. The van der Waals surface area contributed by atoms with Gasteiger partial charge in [-0.05, 0) is 29.7 Å². The van der Waals surface area contributed by atoms with Crippen LogP contribution in [0.2, 0.25) is 0 Å². The lowest BCUT2D eigenvalue weighted by molar-refractivity contribution is -0.384. The van der Waals surface area contributed by atoms with Gasteiger partial charge in [-0.3, -0.25) is 15.1 Å². The minimum absolute atomic E-state index is 0.0326. The maximum Gasteiger partial charge on any atom is 0.271 e. The molecule has 0 fully saturated rings. The molecule has 2 aromatic carbocycles. The average molecular weight is 406 g/mol. The van der Waals surface area contributed by atoms with Gasteiger partial charge in [0.05, 0.1) is 17.6 Å². The highest BCUT2D eigenvalue weighted by atomic mass is 16.6. The summed E-state index contributed by atoms with van der Waals surface area (Å²) >= 11 is 0. The van der Waals surface area contributed by atoms with E-state index in [0.29, 0.717) is 35.0 Å². The van der Waals surface area contributed by atoms with Crippen LogP contribution in [0.25, 0.3) is 22.6 Å². The summed E-state index contributed by atoms with van der Waals surface area (Å²) in [5.74, 6) is 1.01. The minimum atomic E-state index is -0.448. The smallest absolute Gasteiger partial charge is 0.271 e. The molecule has 0 aliphatic carbocycles. The standard InChI is InChI=1S/C22H22N4O4/c1-22(2,3)17-11-15(25-9-5-8-23-13-25)10-16(20(17)29-4)21-24-18-12-14(26(27)28)6-7-19(18)30-21/h5-12H,13H2,1-4H3. The number of aliphatic imine (C=N–C) groups is 1. The summed E-state index contributed by atoms with van der Waals surface area (Å²) in [5.41, 5.74) is 3.26. The fourth-order valence-corrected chi connectivity index (χ4v) is 3.41. The van der Waals surface area contributed by atoms with Crippen molar-refractivity contribution < 1.29 is 14.1 Å². The second kappa shape index (κ2) is 7.29. The topological polar surface area (TPSA) is 94.0 Å². The minimum Gasteiger partial charge on any atom is -0.496 e. The van der Waals surface area contributed by atoms with Crippen LogP contribution in [-0.4, -0.2) is 29.9 Å². The van der Waals surface area contributed by atoms with Gasteiger partial charge in [0.1, 0.15) is 17.9 Å². The molecule has 30 heavy (non-hydrogen) atoms. The van der Waals surface area contributed by atoms with Crippen LogP contribution >= 0.6 is 0 Å². The van der Waals surface area contributed by atoms with Crippen LogP contribution in [0.4, 0.5) is 11.4 Å². The quantitative estimate of drug-likeness (QED) is 0.443. The first-order chi connectivity index (χ1) is 14.3. The molecule has 0 unspecified atom stereocenters. The summed E-state index contributed by atoms with van der Waals surface area (Å²) in [6.45, 7) is 6.83. The normalized spacial score (nSPS) is 13.8. The second-order valence-corrected chi connectivity index (χ2v) is 8.04. The Balaban J connectivity index is 1.93. The van der Waals surface area contributed by atoms with E-state index in [1.807, 2.05) is 23.2 Å². The van der Waals surface area contributed by atoms with Gasteiger partial charge in [0.2, 0.25) is 5.89 Å². The highest BCUT2D eigenvalue weighted by Crippen LogP contribution is 2.43. The molecule has 0 atom stereocenters. The molecule has 1 aliphatic heterocycles. The predicted molar refractivity (Wildman–Crippen MR) is 116 cm³/mol. The Hall–Kier alpha value is -3.68. The molecule has 0 saturated carbocycles. The maximum atomic E-state index is 11.1. The van der Waals surface area contributed by atoms with E-state index >= 15 is 0 Å². The fraction of sp³-hybridized carbons (Fsp3) is 0.273. The molecule has 0 saturated heterocycles. The number of nitro groups is 1. The summed E-state index contributed by atoms with van der Waals surface area (Å²) in [6.07, 6.45) is 5.60. The van der Waals surface area contributed by atoms with Gasteiger partial charge in [-0.2, -0.15) is 0 Å². The van der Waals surface area contributed by atoms with Gasteiger partial charge >= 0.3 is 0 Å². The third-order valence-corrected chi connectivity index (χ3v) is 4.92. The Kier molecular flexibility index (Phi) is 4.77. The zero-order chi connectivity index (χ0) is 21.5. The summed E-state index contributed by atoms with van der Waals surface area (Å²) in [6, 6.07) is 8.40. The second-order valence-electron chi connectivity index (χ2n) is 8.04. The van der Waals surface area contributed by atoms with Gasteiger partial charge < -0.3 is 14.1 Å². The van der Waals surface area contributed by atoms with E-state index in [1.165, 1.54) is 12.1 Å². The van der Waals surface area contributed by atoms with Gasteiger partial charge in [-0.25, -0.2) is 4.98 Å². The molecule has 0 radical (unpaired) electrons. The average Bonchev–Trinajstić information content (AvgIpc) is 3.16. The van der Waals surface area contributed by atoms with Crippen LogP contribution in [0.3, 0.4) is 0 Å². The number of nitro benzene ring substituents is 1. The Morgan fingerprint density at radius 2 is 2.03 bits per heavy atom. The fourth-order valence-electron chi connectivity index (χ4n) is 3.41. The molecule has 1 aromatic heterocycles. The molecule has 3 aromatic rings. The molecule has 0 spiro atoms. The number of non-ortho nitro benzene ring substituents is 1. The molecule has 154 valence electrons. The number of fused-ring (bicyclic) bond motifs is 1. The van der Waals surface area contributed by atoms with Crippen LogP contribution in [0.5, 0.6) is 5.75 Å². The first-order valence-electron chi connectivity index (χ1n) is 9.49. The lowest BCUT2D eigenvalue weighted by Crippen LogP contribution is -2.20. The van der Waals surface area contributed by atoms with Crippen molar-refractivity contribution in [2.45, 2.75) is 26.2 Å². The van der Waals surface area contributed by atoms with E-state index in [-0.39, 0.29) is 11.1 Å². The third kappa shape index (κ3) is 3.52. The van der Waals surface area contributed by atoms with Crippen molar-refractivity contribution in [2.24, 2.45) is 4.99 Å². The van der Waals surface area contributed by atoms with Crippen molar-refractivity contribution in [1.29, 1.82) is 0 Å². The zero-order valence-electron chi connectivity index (χ0n) is 17.2. The number of benzene rings is 2. The van der Waals surface area contributed by atoms with E-state index in [9.17, 15) is 10.1 Å². The summed E-state index contributed by atoms with van der Waals surface area (Å²) in [5, 5.41) is 11.1. The van der Waals surface area contributed by atoms with E-state index in [4.69, 9.17) is 9.15 Å². The summed E-state index contributed by atoms with van der Waals surface area (Å²) < 4.78 is 11.7. The van der Waals surface area contributed by atoms with Gasteiger partial charge in [0.15, 0.2) is 5.58 Å². The maximum absolute atomic E-state index is 11.1. The van der Waals surface area contributed by atoms with Gasteiger partial charge in [0, 0.05) is 35.8 Å². The van der Waals surface area contributed by atoms with Gasteiger partial charge in [-0.15, -0.1) is 0 Å². The van der Waals surface area contributed by atoms with Crippen molar-refractivity contribution >= 4 is 28.7 Å². The van der Waals surface area contributed by atoms with Crippen LogP contribution in [0.1, 0.15) is 26.3 Å². The molecule has 1 aliphatic rings. The molecule has 0 amide bonds. The van der Waals surface area contributed by atoms with E-state index in [2.05, 4.69) is 36.8 Å². The third-order valence-electron chi connectivity index (χ3n) is 4.92. The van der Waals surface area contributed by atoms with E-state index < -0.39 is 4.92 Å². The predicted octanol–water partition coefficient (Wildman–Crippen LogP) is 5.07. The molecule has 2 heterocycles. The van der Waals surface area contributed by atoms with Crippen LogP contribution in [-0.2, 0) is 5.41 Å². The number of nitrogens with zero attached hydrogens (tertiary/aromatic N) is 4. The number of allylic oxidation sites excluding steroid dienone is 1. The van der Waals surface area contributed by atoms with Crippen LogP contribution in [0, 0.1) is 10.1 Å². The molecular weight excluding hydrogens is 384 g/mol. The number of hydrogen-bond donors (Lipinski definition) is 0. The van der Waals surface area contributed by atoms with E-state index in [1.54, 1.807) is 19.4 Å². The van der Waals surface area contributed by atoms with Crippen LogP contribution in [0.15, 0.2) is 52.0 Å². The largest absolute Gasteiger partial charge is 0.496 e. The monoisotopic (exact) mass is 406 g/mol. The van der Waals surface area contributed by atoms with Crippen molar-refractivity contribution in [1.82, 2.24) is 4.98 Å². The summed E-state index contributed by atoms with van der Waals surface area (Å²) in [7, 11) is 1.62.